The smallest absolute Gasteiger partial charge is 0.248 e. The minimum absolute atomic E-state index is 0.197. The summed E-state index contributed by atoms with van der Waals surface area (Å²) in [6.45, 7) is 1.65. The highest BCUT2D eigenvalue weighted by Gasteiger charge is 2.55. The monoisotopic (exact) mass is 332 g/mol. The predicted molar refractivity (Wildman–Crippen MR) is 93.8 cm³/mol. The zero-order chi connectivity index (χ0) is 17.2. The Morgan fingerprint density at radius 3 is 2.76 bits per heavy atom. The van der Waals surface area contributed by atoms with Gasteiger partial charge < -0.3 is 9.72 Å². The summed E-state index contributed by atoms with van der Waals surface area (Å²) < 4.78 is 5.99. The van der Waals surface area contributed by atoms with Crippen LogP contribution in [0.2, 0.25) is 0 Å². The second-order valence-corrected chi connectivity index (χ2v) is 6.70. The Morgan fingerprint density at radius 1 is 1.16 bits per heavy atom. The predicted octanol–water partition coefficient (Wildman–Crippen LogP) is 2.93. The Labute approximate surface area is 144 Å². The second-order valence-electron chi connectivity index (χ2n) is 6.70. The minimum atomic E-state index is -0.847. The summed E-state index contributed by atoms with van der Waals surface area (Å²) >= 11 is 0. The number of para-hydroxylation sites is 2. The summed E-state index contributed by atoms with van der Waals surface area (Å²) in [7, 11) is 0. The molecule has 2 aliphatic rings. The molecule has 5 nitrogen and oxygen atoms in total. The van der Waals surface area contributed by atoms with Crippen LogP contribution in [0.1, 0.15) is 18.1 Å². The molecule has 124 valence electrons. The van der Waals surface area contributed by atoms with Crippen molar-refractivity contribution >= 4 is 28.4 Å². The van der Waals surface area contributed by atoms with Gasteiger partial charge in [-0.25, -0.2) is 4.90 Å². The van der Waals surface area contributed by atoms with Gasteiger partial charge in [0, 0.05) is 29.8 Å². The number of H-pyrrole nitrogens is 1. The molecule has 3 heterocycles. The van der Waals surface area contributed by atoms with Gasteiger partial charge in [0.2, 0.25) is 11.8 Å². The van der Waals surface area contributed by atoms with E-state index in [2.05, 4.69) is 4.98 Å². The van der Waals surface area contributed by atoms with Crippen LogP contribution in [0.25, 0.3) is 10.9 Å². The average Bonchev–Trinajstić information content (AvgIpc) is 3.10. The van der Waals surface area contributed by atoms with Crippen LogP contribution in [0.3, 0.4) is 0 Å². The number of nitrogens with one attached hydrogen (secondary N) is 1. The molecule has 0 fully saturated rings. The number of carbonyl (C=O) groups excluding carboxylic acids is 2. The summed E-state index contributed by atoms with van der Waals surface area (Å²) in [5.74, 6) is 0.259. The number of nitrogens with zero attached hydrogens (tertiary/aromatic N) is 1. The van der Waals surface area contributed by atoms with Crippen molar-refractivity contribution in [3.8, 4) is 5.88 Å². The van der Waals surface area contributed by atoms with Crippen molar-refractivity contribution in [1.29, 1.82) is 0 Å². The van der Waals surface area contributed by atoms with Crippen molar-refractivity contribution in [3.05, 3.63) is 59.7 Å². The molecule has 2 amide bonds. The van der Waals surface area contributed by atoms with Gasteiger partial charge in [0.25, 0.3) is 0 Å². The van der Waals surface area contributed by atoms with Crippen molar-refractivity contribution in [3.63, 3.8) is 0 Å². The summed E-state index contributed by atoms with van der Waals surface area (Å²) in [6, 6.07) is 15.5. The third-order valence-electron chi connectivity index (χ3n) is 5.30. The molecule has 1 spiro atoms. The zero-order valence-electron chi connectivity index (χ0n) is 13.7. The van der Waals surface area contributed by atoms with E-state index in [0.29, 0.717) is 12.1 Å². The molecular formula is C20H16N2O3. The summed E-state index contributed by atoms with van der Waals surface area (Å²) in [6.07, 6.45) is 0.520. The summed E-state index contributed by atoms with van der Waals surface area (Å²) in [4.78, 5) is 29.9. The van der Waals surface area contributed by atoms with E-state index in [1.165, 1.54) is 11.8 Å². The second kappa shape index (κ2) is 4.72. The Balaban J connectivity index is 1.72. The molecule has 0 saturated heterocycles. The van der Waals surface area contributed by atoms with Crippen LogP contribution in [-0.2, 0) is 21.4 Å². The number of benzene rings is 2. The van der Waals surface area contributed by atoms with Crippen molar-refractivity contribution in [2.24, 2.45) is 0 Å². The fourth-order valence-corrected chi connectivity index (χ4v) is 4.16. The third kappa shape index (κ3) is 1.72. The summed E-state index contributed by atoms with van der Waals surface area (Å²) in [5.41, 5.74) is 2.68. The minimum Gasteiger partial charge on any atom is -0.477 e. The van der Waals surface area contributed by atoms with Gasteiger partial charge in [-0.05, 0) is 17.7 Å². The van der Waals surface area contributed by atoms with Crippen LogP contribution >= 0.6 is 0 Å². The van der Waals surface area contributed by atoms with E-state index >= 15 is 0 Å². The van der Waals surface area contributed by atoms with Gasteiger partial charge >= 0.3 is 0 Å². The molecule has 25 heavy (non-hydrogen) atoms. The van der Waals surface area contributed by atoms with Crippen LogP contribution in [0.4, 0.5) is 5.69 Å². The largest absolute Gasteiger partial charge is 0.477 e. The molecule has 2 aliphatic heterocycles. The number of amides is 2. The molecule has 0 radical (unpaired) electrons. The van der Waals surface area contributed by atoms with Crippen molar-refractivity contribution in [2.75, 3.05) is 11.5 Å². The lowest BCUT2D eigenvalue weighted by Crippen LogP contribution is -2.49. The quantitative estimate of drug-likeness (QED) is 0.688. The first-order valence-corrected chi connectivity index (χ1v) is 8.29. The maximum atomic E-state index is 13.3. The standard InChI is InChI=1S/C20H16N2O3/c1-12(23)22-17-9-5-3-7-15(17)20(19(22)24)10-14-13-6-2-4-8-16(13)21-18(14)25-11-20/h2-9,21H,10-11H2,1H3. The van der Waals surface area contributed by atoms with E-state index in [-0.39, 0.29) is 18.4 Å². The molecule has 1 aromatic heterocycles. The van der Waals surface area contributed by atoms with Crippen LogP contribution in [0, 0.1) is 0 Å². The number of ether oxygens (including phenoxy) is 1. The van der Waals surface area contributed by atoms with Crippen molar-refractivity contribution in [2.45, 2.75) is 18.8 Å². The van der Waals surface area contributed by atoms with Crippen molar-refractivity contribution < 1.29 is 14.3 Å². The van der Waals surface area contributed by atoms with Gasteiger partial charge in [-0.3, -0.25) is 9.59 Å². The van der Waals surface area contributed by atoms with Gasteiger partial charge in [0.15, 0.2) is 5.88 Å². The molecule has 0 bridgehead atoms. The van der Waals surface area contributed by atoms with Crippen LogP contribution < -0.4 is 9.64 Å². The molecule has 2 aromatic carbocycles. The zero-order valence-corrected chi connectivity index (χ0v) is 13.7. The van der Waals surface area contributed by atoms with Gasteiger partial charge in [-0.15, -0.1) is 0 Å². The highest BCUT2D eigenvalue weighted by atomic mass is 16.5. The molecule has 0 saturated carbocycles. The molecule has 3 aromatic rings. The number of hydrogen-bond donors (Lipinski definition) is 1. The lowest BCUT2D eigenvalue weighted by atomic mass is 9.76. The normalized spacial score (nSPS) is 21.3. The molecule has 5 rings (SSSR count). The Hall–Kier alpha value is -3.08. The van der Waals surface area contributed by atoms with Crippen LogP contribution in [0.5, 0.6) is 5.88 Å². The van der Waals surface area contributed by atoms with Crippen molar-refractivity contribution in [1.82, 2.24) is 4.98 Å². The first-order chi connectivity index (χ1) is 12.1. The van der Waals surface area contributed by atoms with Crippen LogP contribution in [0.15, 0.2) is 48.5 Å². The van der Waals surface area contributed by atoms with E-state index in [0.717, 1.165) is 27.9 Å². The third-order valence-corrected chi connectivity index (χ3v) is 5.30. The van der Waals surface area contributed by atoms with E-state index in [9.17, 15) is 9.59 Å². The molecule has 5 heteroatoms. The number of fused-ring (bicyclic) bond motifs is 5. The maximum Gasteiger partial charge on any atom is 0.248 e. The maximum absolute atomic E-state index is 13.3. The number of aromatic amines is 1. The molecule has 1 N–H and O–H groups in total. The lowest BCUT2D eigenvalue weighted by molar-refractivity contribution is -0.129. The fourth-order valence-electron chi connectivity index (χ4n) is 4.16. The molecule has 0 aliphatic carbocycles. The van der Waals surface area contributed by atoms with Gasteiger partial charge in [0.1, 0.15) is 12.0 Å². The Kier molecular flexibility index (Phi) is 2.70. The Morgan fingerprint density at radius 2 is 1.92 bits per heavy atom. The SMILES string of the molecule is CC(=O)N1C(=O)C2(COc3[nH]c4ccccc4c3C2)c2ccccc21. The van der Waals surface area contributed by atoms with Gasteiger partial charge in [-0.1, -0.05) is 36.4 Å². The lowest BCUT2D eigenvalue weighted by Gasteiger charge is -2.32. The van der Waals surface area contributed by atoms with Crippen LogP contribution in [-0.4, -0.2) is 23.4 Å². The van der Waals surface area contributed by atoms with Gasteiger partial charge in [-0.2, -0.15) is 0 Å². The Bertz CT molecular complexity index is 1050. The average molecular weight is 332 g/mol. The first-order valence-electron chi connectivity index (χ1n) is 8.29. The molecular weight excluding hydrogens is 316 g/mol. The van der Waals surface area contributed by atoms with Gasteiger partial charge in [0.05, 0.1) is 5.69 Å². The molecule has 1 atom stereocenters. The number of hydrogen-bond acceptors (Lipinski definition) is 3. The van der Waals surface area contributed by atoms with E-state index < -0.39 is 5.41 Å². The van der Waals surface area contributed by atoms with E-state index in [1.54, 1.807) is 0 Å². The fraction of sp³-hybridized carbons (Fsp3) is 0.200. The van der Waals surface area contributed by atoms with E-state index in [1.807, 2.05) is 48.5 Å². The highest BCUT2D eigenvalue weighted by Crippen LogP contribution is 2.48. The first kappa shape index (κ1) is 14.3. The number of anilines is 1. The summed E-state index contributed by atoms with van der Waals surface area (Å²) in [5, 5.41) is 1.06. The topological polar surface area (TPSA) is 62.4 Å². The number of rotatable bonds is 0. The highest BCUT2D eigenvalue weighted by molar-refractivity contribution is 6.22. The number of aromatic nitrogens is 1. The van der Waals surface area contributed by atoms with E-state index in [4.69, 9.17) is 4.74 Å². The number of imide groups is 1. The molecule has 1 unspecified atom stereocenters. The number of carbonyl (C=O) groups is 2.